The predicted molar refractivity (Wildman–Crippen MR) is 77.8 cm³/mol. The van der Waals surface area contributed by atoms with Gasteiger partial charge in [0.2, 0.25) is 0 Å². The highest BCUT2D eigenvalue weighted by Crippen LogP contribution is 2.15. The summed E-state index contributed by atoms with van der Waals surface area (Å²) in [6.45, 7) is 0.737. The summed E-state index contributed by atoms with van der Waals surface area (Å²) in [5.41, 5.74) is 0.706. The molecule has 1 rings (SSSR count). The minimum atomic E-state index is -0.807. The monoisotopic (exact) mass is 316 g/mol. The van der Waals surface area contributed by atoms with Crippen LogP contribution in [0, 0.1) is 5.82 Å². The van der Waals surface area contributed by atoms with Gasteiger partial charge in [0.15, 0.2) is 0 Å². The van der Waals surface area contributed by atoms with E-state index in [4.69, 9.17) is 16.7 Å². The molecule has 0 bridgehead atoms. The first-order valence-electron chi connectivity index (χ1n) is 6.66. The lowest BCUT2D eigenvalue weighted by atomic mass is 10.2. The van der Waals surface area contributed by atoms with Crippen molar-refractivity contribution in [1.82, 2.24) is 10.6 Å². The van der Waals surface area contributed by atoms with Crippen LogP contribution in [0.2, 0.25) is 5.02 Å². The van der Waals surface area contributed by atoms with Gasteiger partial charge in [-0.1, -0.05) is 24.1 Å². The first-order valence-corrected chi connectivity index (χ1v) is 7.04. The first-order chi connectivity index (χ1) is 9.99. The largest absolute Gasteiger partial charge is 0.481 e. The molecule has 0 aliphatic heterocycles. The maximum Gasteiger partial charge on any atom is 0.315 e. The topological polar surface area (TPSA) is 78.4 Å². The van der Waals surface area contributed by atoms with Crippen molar-refractivity contribution in [3.05, 3.63) is 34.6 Å². The van der Waals surface area contributed by atoms with Gasteiger partial charge in [0.25, 0.3) is 0 Å². The predicted octanol–water partition coefficient (Wildman–Crippen LogP) is 2.92. The van der Waals surface area contributed by atoms with Crippen molar-refractivity contribution in [1.29, 1.82) is 0 Å². The fourth-order valence-electron chi connectivity index (χ4n) is 1.67. The number of carbonyl (C=O) groups excluding carboxylic acids is 1. The summed E-state index contributed by atoms with van der Waals surface area (Å²) in [6.07, 6.45) is 2.23. The van der Waals surface area contributed by atoms with Gasteiger partial charge in [-0.25, -0.2) is 9.18 Å². The summed E-state index contributed by atoms with van der Waals surface area (Å²) in [5, 5.41) is 13.8. The molecule has 5 nitrogen and oxygen atoms in total. The van der Waals surface area contributed by atoms with Crippen molar-refractivity contribution < 1.29 is 19.1 Å². The highest BCUT2D eigenvalue weighted by molar-refractivity contribution is 6.30. The zero-order valence-electron chi connectivity index (χ0n) is 11.5. The summed E-state index contributed by atoms with van der Waals surface area (Å²) in [4.78, 5) is 21.8. The molecule has 21 heavy (non-hydrogen) atoms. The van der Waals surface area contributed by atoms with Crippen LogP contribution in [0.5, 0.6) is 0 Å². The molecule has 1 aromatic carbocycles. The molecule has 3 N–H and O–H groups in total. The zero-order valence-corrected chi connectivity index (χ0v) is 12.3. The molecule has 0 atom stereocenters. The maximum atomic E-state index is 12.9. The van der Waals surface area contributed by atoms with Crippen LogP contribution < -0.4 is 10.6 Å². The van der Waals surface area contributed by atoms with Crippen molar-refractivity contribution in [2.24, 2.45) is 0 Å². The number of carboxylic acids is 1. The standard InChI is InChI=1S/C14H18ClFN2O3/c15-11-8-10(5-6-12(11)16)9-18-14(21)17-7-3-1-2-4-13(19)20/h5-6,8H,1-4,7,9H2,(H,19,20)(H2,17,18,21). The molecule has 0 fully saturated rings. The van der Waals surface area contributed by atoms with Crippen molar-refractivity contribution >= 4 is 23.6 Å². The van der Waals surface area contributed by atoms with E-state index in [1.165, 1.54) is 12.1 Å². The van der Waals surface area contributed by atoms with Gasteiger partial charge < -0.3 is 15.7 Å². The third kappa shape index (κ3) is 7.51. The molecule has 0 aliphatic rings. The Morgan fingerprint density at radius 3 is 2.62 bits per heavy atom. The third-order valence-electron chi connectivity index (χ3n) is 2.79. The summed E-state index contributed by atoms with van der Waals surface area (Å²) in [6, 6.07) is 3.93. The van der Waals surface area contributed by atoms with Crippen molar-refractivity contribution in [3.63, 3.8) is 0 Å². The number of urea groups is 1. The second-order valence-corrected chi connectivity index (χ2v) is 4.97. The molecule has 0 spiro atoms. The van der Waals surface area contributed by atoms with Crippen LogP contribution in [0.3, 0.4) is 0 Å². The van der Waals surface area contributed by atoms with Crippen LogP contribution in [0.15, 0.2) is 18.2 Å². The van der Waals surface area contributed by atoms with Gasteiger partial charge in [0.1, 0.15) is 5.82 Å². The second-order valence-electron chi connectivity index (χ2n) is 4.56. The molecule has 0 radical (unpaired) electrons. The second kappa shape index (κ2) is 9.18. The lowest BCUT2D eigenvalue weighted by Gasteiger charge is -2.08. The van der Waals surface area contributed by atoms with Gasteiger partial charge >= 0.3 is 12.0 Å². The highest BCUT2D eigenvalue weighted by Gasteiger charge is 2.03. The van der Waals surface area contributed by atoms with E-state index < -0.39 is 11.8 Å². The zero-order chi connectivity index (χ0) is 15.7. The smallest absolute Gasteiger partial charge is 0.315 e. The number of nitrogens with one attached hydrogen (secondary N) is 2. The average Bonchev–Trinajstić information content (AvgIpc) is 2.43. The molecule has 2 amide bonds. The van der Waals surface area contributed by atoms with Gasteiger partial charge in [-0.15, -0.1) is 0 Å². The van der Waals surface area contributed by atoms with Crippen LogP contribution in [-0.2, 0) is 11.3 Å². The Bertz CT molecular complexity index is 497. The van der Waals surface area contributed by atoms with Crippen molar-refractivity contribution in [3.8, 4) is 0 Å². The van der Waals surface area contributed by atoms with Crippen molar-refractivity contribution in [2.75, 3.05) is 6.54 Å². The number of benzene rings is 1. The molecule has 116 valence electrons. The summed E-state index contributed by atoms with van der Waals surface area (Å²) >= 11 is 5.64. The molecular formula is C14H18ClFN2O3. The van der Waals surface area contributed by atoms with Crippen LogP contribution in [0.25, 0.3) is 0 Å². The van der Waals surface area contributed by atoms with E-state index in [2.05, 4.69) is 10.6 Å². The Labute approximate surface area is 127 Å². The summed E-state index contributed by atoms with van der Waals surface area (Å²) < 4.78 is 12.9. The Balaban J connectivity index is 2.13. The first kappa shape index (κ1) is 17.2. The number of hydrogen-bond donors (Lipinski definition) is 3. The van der Waals surface area contributed by atoms with E-state index >= 15 is 0 Å². The van der Waals surface area contributed by atoms with Gasteiger partial charge in [-0.05, 0) is 30.5 Å². The molecule has 7 heteroatoms. The lowest BCUT2D eigenvalue weighted by molar-refractivity contribution is -0.137. The molecule has 1 aromatic rings. The SMILES string of the molecule is O=C(O)CCCCCNC(=O)NCc1ccc(F)c(Cl)c1. The number of hydrogen-bond acceptors (Lipinski definition) is 2. The lowest BCUT2D eigenvalue weighted by Crippen LogP contribution is -2.35. The summed E-state index contributed by atoms with van der Waals surface area (Å²) in [5.74, 6) is -1.30. The number of rotatable bonds is 8. The molecular weight excluding hydrogens is 299 g/mol. The van der Waals surface area contributed by atoms with E-state index in [1.807, 2.05) is 0 Å². The molecule has 0 heterocycles. The van der Waals surface area contributed by atoms with E-state index in [-0.39, 0.29) is 24.0 Å². The van der Waals surface area contributed by atoms with E-state index in [0.717, 1.165) is 12.8 Å². The fraction of sp³-hybridized carbons (Fsp3) is 0.429. The summed E-state index contributed by atoms with van der Waals surface area (Å²) in [7, 11) is 0. The van der Waals surface area contributed by atoms with Crippen LogP contribution in [-0.4, -0.2) is 23.7 Å². The number of halogens is 2. The van der Waals surface area contributed by atoms with E-state index in [9.17, 15) is 14.0 Å². The Morgan fingerprint density at radius 1 is 1.19 bits per heavy atom. The molecule has 0 unspecified atom stereocenters. The highest BCUT2D eigenvalue weighted by atomic mass is 35.5. The molecule has 0 aliphatic carbocycles. The number of amides is 2. The fourth-order valence-corrected chi connectivity index (χ4v) is 1.88. The molecule has 0 saturated carbocycles. The molecule has 0 saturated heterocycles. The quantitative estimate of drug-likeness (QED) is 0.645. The minimum absolute atomic E-state index is 0.0214. The average molecular weight is 317 g/mol. The normalized spacial score (nSPS) is 10.2. The number of aliphatic carboxylic acids is 1. The Morgan fingerprint density at radius 2 is 1.95 bits per heavy atom. The van der Waals surface area contributed by atoms with Gasteiger partial charge in [0, 0.05) is 19.5 Å². The molecule has 0 aromatic heterocycles. The number of carboxylic acid groups (broad SMARTS) is 1. The number of carbonyl (C=O) groups is 2. The van der Waals surface area contributed by atoms with E-state index in [0.29, 0.717) is 18.5 Å². The van der Waals surface area contributed by atoms with Crippen LogP contribution in [0.4, 0.5) is 9.18 Å². The minimum Gasteiger partial charge on any atom is -0.481 e. The van der Waals surface area contributed by atoms with Gasteiger partial charge in [0.05, 0.1) is 5.02 Å². The van der Waals surface area contributed by atoms with Crippen molar-refractivity contribution in [2.45, 2.75) is 32.2 Å². The van der Waals surface area contributed by atoms with Gasteiger partial charge in [-0.3, -0.25) is 4.79 Å². The third-order valence-corrected chi connectivity index (χ3v) is 3.08. The Hall–Kier alpha value is -1.82. The Kier molecular flexibility index (Phi) is 7.53. The van der Waals surface area contributed by atoms with E-state index in [1.54, 1.807) is 6.07 Å². The number of unbranched alkanes of at least 4 members (excludes halogenated alkanes) is 2. The maximum absolute atomic E-state index is 12.9. The van der Waals surface area contributed by atoms with Crippen LogP contribution in [0.1, 0.15) is 31.2 Å². The van der Waals surface area contributed by atoms with Crippen LogP contribution >= 0.6 is 11.6 Å². The van der Waals surface area contributed by atoms with Gasteiger partial charge in [-0.2, -0.15) is 0 Å².